The molecule has 1 aliphatic carbocycles. The maximum Gasteiger partial charge on any atom is 0.323 e. The van der Waals surface area contributed by atoms with Crippen LogP contribution in [0.15, 0.2) is 21.4 Å². The number of hydrogen-bond donors (Lipinski definition) is 2. The Morgan fingerprint density at radius 2 is 1.81 bits per heavy atom. The van der Waals surface area contributed by atoms with Gasteiger partial charge in [0.15, 0.2) is 5.78 Å². The minimum atomic E-state index is -0.247. The van der Waals surface area contributed by atoms with E-state index in [1.807, 2.05) is 0 Å². The standard InChI is InChI=1S/C16H19BrN2O2/c17-12-9-14-13(18-16(21)19-14)8-11(12)15(20)7-6-10-4-2-1-3-5-10/h8-10H,1-7H2,(H2,18,19,21). The first kappa shape index (κ1) is 14.6. The van der Waals surface area contributed by atoms with Crippen LogP contribution in [0, 0.1) is 5.92 Å². The van der Waals surface area contributed by atoms with Gasteiger partial charge in [-0.25, -0.2) is 4.79 Å². The average molecular weight is 351 g/mol. The molecule has 0 spiro atoms. The Labute approximate surface area is 131 Å². The van der Waals surface area contributed by atoms with E-state index < -0.39 is 0 Å². The number of aromatic amines is 2. The molecule has 1 aromatic carbocycles. The molecule has 0 aliphatic heterocycles. The third-order valence-corrected chi connectivity index (χ3v) is 5.06. The number of halogens is 1. The summed E-state index contributed by atoms with van der Waals surface area (Å²) in [6.07, 6.45) is 8.04. The van der Waals surface area contributed by atoms with Crippen LogP contribution in [0.2, 0.25) is 0 Å². The van der Waals surface area contributed by atoms with Gasteiger partial charge in [0.2, 0.25) is 0 Å². The number of aromatic nitrogens is 2. The highest BCUT2D eigenvalue weighted by atomic mass is 79.9. The van der Waals surface area contributed by atoms with Crippen LogP contribution in [0.5, 0.6) is 0 Å². The van der Waals surface area contributed by atoms with Gasteiger partial charge in [-0.1, -0.05) is 32.1 Å². The number of hydrogen-bond acceptors (Lipinski definition) is 2. The number of rotatable bonds is 4. The molecule has 1 saturated carbocycles. The highest BCUT2D eigenvalue weighted by molar-refractivity contribution is 9.10. The largest absolute Gasteiger partial charge is 0.323 e. The Kier molecular flexibility index (Phi) is 4.29. The molecule has 4 nitrogen and oxygen atoms in total. The Morgan fingerprint density at radius 3 is 2.52 bits per heavy atom. The van der Waals surface area contributed by atoms with E-state index in [-0.39, 0.29) is 11.5 Å². The molecule has 21 heavy (non-hydrogen) atoms. The molecule has 0 atom stereocenters. The lowest BCUT2D eigenvalue weighted by atomic mass is 9.85. The van der Waals surface area contributed by atoms with Gasteiger partial charge in [0.25, 0.3) is 0 Å². The minimum absolute atomic E-state index is 0.149. The summed E-state index contributed by atoms with van der Waals surface area (Å²) in [5.41, 5.74) is 1.82. The number of Topliss-reactive ketones (excluding diaryl/α,β-unsaturated/α-hetero) is 1. The molecule has 0 radical (unpaired) electrons. The molecule has 1 aliphatic rings. The second kappa shape index (κ2) is 6.18. The number of ketones is 1. The van der Waals surface area contributed by atoms with Crippen LogP contribution in [0.3, 0.4) is 0 Å². The van der Waals surface area contributed by atoms with E-state index in [4.69, 9.17) is 0 Å². The van der Waals surface area contributed by atoms with Gasteiger partial charge < -0.3 is 9.97 Å². The van der Waals surface area contributed by atoms with Crippen LogP contribution in [-0.2, 0) is 0 Å². The van der Waals surface area contributed by atoms with Crippen molar-refractivity contribution in [2.75, 3.05) is 0 Å². The van der Waals surface area contributed by atoms with Gasteiger partial charge in [-0.05, 0) is 40.4 Å². The topological polar surface area (TPSA) is 65.7 Å². The lowest BCUT2D eigenvalue weighted by Crippen LogP contribution is -2.09. The number of benzene rings is 1. The van der Waals surface area contributed by atoms with E-state index in [1.165, 1.54) is 32.1 Å². The Bertz CT molecular complexity index is 711. The fraction of sp³-hybridized carbons (Fsp3) is 0.500. The first-order valence-corrected chi connectivity index (χ1v) is 8.37. The molecule has 1 aromatic heterocycles. The predicted molar refractivity (Wildman–Crippen MR) is 86.8 cm³/mol. The van der Waals surface area contributed by atoms with E-state index in [0.29, 0.717) is 23.4 Å². The monoisotopic (exact) mass is 350 g/mol. The zero-order valence-electron chi connectivity index (χ0n) is 11.9. The second-order valence-electron chi connectivity index (χ2n) is 5.92. The zero-order chi connectivity index (χ0) is 14.8. The molecule has 0 unspecified atom stereocenters. The molecular weight excluding hydrogens is 332 g/mol. The Morgan fingerprint density at radius 1 is 1.14 bits per heavy atom. The predicted octanol–water partition coefficient (Wildman–Crippen LogP) is 4.16. The molecule has 112 valence electrons. The Balaban J connectivity index is 1.74. The normalized spacial score (nSPS) is 16.4. The molecule has 1 heterocycles. The van der Waals surface area contributed by atoms with E-state index in [1.54, 1.807) is 12.1 Å². The van der Waals surface area contributed by atoms with Crippen molar-refractivity contribution in [3.05, 3.63) is 32.7 Å². The average Bonchev–Trinajstić information content (AvgIpc) is 2.84. The number of fused-ring (bicyclic) bond motifs is 1. The minimum Gasteiger partial charge on any atom is -0.306 e. The molecule has 0 amide bonds. The molecule has 3 rings (SSSR count). The summed E-state index contributed by atoms with van der Waals surface area (Å²) in [5, 5.41) is 0. The summed E-state index contributed by atoms with van der Waals surface area (Å²) in [5.74, 6) is 0.855. The van der Waals surface area contributed by atoms with Crippen LogP contribution in [0.4, 0.5) is 0 Å². The van der Waals surface area contributed by atoms with Gasteiger partial charge in [-0.3, -0.25) is 4.79 Å². The first-order valence-electron chi connectivity index (χ1n) is 7.58. The van der Waals surface area contributed by atoms with Gasteiger partial charge in [-0.2, -0.15) is 0 Å². The van der Waals surface area contributed by atoms with Gasteiger partial charge in [-0.15, -0.1) is 0 Å². The van der Waals surface area contributed by atoms with Gasteiger partial charge >= 0.3 is 5.69 Å². The quantitative estimate of drug-likeness (QED) is 0.813. The molecular formula is C16H19BrN2O2. The number of imidazole rings is 1. The summed E-state index contributed by atoms with van der Waals surface area (Å²) >= 11 is 3.44. The molecule has 2 N–H and O–H groups in total. The van der Waals surface area contributed by atoms with E-state index >= 15 is 0 Å². The third kappa shape index (κ3) is 3.28. The SMILES string of the molecule is O=C(CCC1CCCCC1)c1cc2[nH]c(=O)[nH]c2cc1Br. The van der Waals surface area contributed by atoms with E-state index in [0.717, 1.165) is 16.4 Å². The van der Waals surface area contributed by atoms with Crippen molar-refractivity contribution in [3.63, 3.8) is 0 Å². The maximum atomic E-state index is 12.4. The highest BCUT2D eigenvalue weighted by Crippen LogP contribution is 2.29. The van der Waals surface area contributed by atoms with Crippen molar-refractivity contribution >= 4 is 32.7 Å². The van der Waals surface area contributed by atoms with Gasteiger partial charge in [0.1, 0.15) is 0 Å². The molecule has 1 fully saturated rings. The lowest BCUT2D eigenvalue weighted by Gasteiger charge is -2.21. The molecule has 2 aromatic rings. The number of carbonyl (C=O) groups is 1. The third-order valence-electron chi connectivity index (χ3n) is 4.41. The van der Waals surface area contributed by atoms with Crippen molar-refractivity contribution in [3.8, 4) is 0 Å². The number of H-pyrrole nitrogens is 2. The van der Waals surface area contributed by atoms with Crippen molar-refractivity contribution in [2.24, 2.45) is 5.92 Å². The Hall–Kier alpha value is -1.36. The van der Waals surface area contributed by atoms with Crippen LogP contribution in [0.25, 0.3) is 11.0 Å². The smallest absolute Gasteiger partial charge is 0.306 e. The van der Waals surface area contributed by atoms with Crippen LogP contribution in [-0.4, -0.2) is 15.8 Å². The fourth-order valence-electron chi connectivity index (χ4n) is 3.22. The zero-order valence-corrected chi connectivity index (χ0v) is 13.5. The van der Waals surface area contributed by atoms with Crippen molar-refractivity contribution in [2.45, 2.75) is 44.9 Å². The lowest BCUT2D eigenvalue weighted by molar-refractivity contribution is 0.0969. The van der Waals surface area contributed by atoms with Crippen molar-refractivity contribution in [1.29, 1.82) is 0 Å². The maximum absolute atomic E-state index is 12.4. The van der Waals surface area contributed by atoms with Gasteiger partial charge in [0.05, 0.1) is 11.0 Å². The summed E-state index contributed by atoms with van der Waals surface area (Å²) < 4.78 is 0.749. The summed E-state index contributed by atoms with van der Waals surface area (Å²) in [4.78, 5) is 29.1. The van der Waals surface area contributed by atoms with Gasteiger partial charge in [0, 0.05) is 16.5 Å². The molecule has 0 saturated heterocycles. The van der Waals surface area contributed by atoms with E-state index in [9.17, 15) is 9.59 Å². The van der Waals surface area contributed by atoms with Crippen molar-refractivity contribution in [1.82, 2.24) is 9.97 Å². The molecule has 0 bridgehead atoms. The van der Waals surface area contributed by atoms with Crippen LogP contribution < -0.4 is 5.69 Å². The molecule has 5 heteroatoms. The fourth-order valence-corrected chi connectivity index (χ4v) is 3.78. The summed E-state index contributed by atoms with van der Waals surface area (Å²) in [6.45, 7) is 0. The second-order valence-corrected chi connectivity index (χ2v) is 6.78. The summed E-state index contributed by atoms with van der Waals surface area (Å²) in [6, 6.07) is 3.56. The summed E-state index contributed by atoms with van der Waals surface area (Å²) in [7, 11) is 0. The van der Waals surface area contributed by atoms with Crippen LogP contribution in [0.1, 0.15) is 55.3 Å². The number of carbonyl (C=O) groups excluding carboxylic acids is 1. The highest BCUT2D eigenvalue weighted by Gasteiger charge is 2.17. The van der Waals surface area contributed by atoms with Crippen LogP contribution >= 0.6 is 15.9 Å². The van der Waals surface area contributed by atoms with E-state index in [2.05, 4.69) is 25.9 Å². The number of nitrogens with one attached hydrogen (secondary N) is 2. The first-order chi connectivity index (χ1) is 10.1. The van der Waals surface area contributed by atoms with Crippen molar-refractivity contribution < 1.29 is 4.79 Å².